The van der Waals surface area contributed by atoms with E-state index in [0.29, 0.717) is 58.4 Å². The van der Waals surface area contributed by atoms with Crippen molar-refractivity contribution in [1.82, 2.24) is 44.3 Å². The molecular formula is C49H63Cl3N12O8S2. The Kier molecular flexibility index (Phi) is 18.1. The molecule has 2 amide bonds. The lowest BCUT2D eigenvalue weighted by molar-refractivity contribution is 0.0670. The van der Waals surface area contributed by atoms with Gasteiger partial charge in [-0.15, -0.1) is 0 Å². The Morgan fingerprint density at radius 1 is 0.649 bits per heavy atom. The van der Waals surface area contributed by atoms with Gasteiger partial charge >= 0.3 is 0 Å². The molecule has 2 unspecified atom stereocenters. The number of carbonyl (C=O) groups excluding carboxylic acids is 2. The van der Waals surface area contributed by atoms with E-state index in [1.165, 1.54) is 24.3 Å². The number of hydrogen-bond acceptors (Lipinski definition) is 14. The number of aliphatic hydroxyl groups excluding tert-OH is 2. The molecule has 6 aromatic rings. The van der Waals surface area contributed by atoms with E-state index < -0.39 is 20.0 Å². The van der Waals surface area contributed by atoms with E-state index in [1.807, 2.05) is 43.3 Å². The molecule has 10 rings (SSSR count). The SMILES string of the molecule is C.Cc1cn2nc(C3CCCCCN3C(=O)c3cc(Cl)ccc3NS(C)(=O)=O)cc2nc1Cl.Cc1cn2nc(C3CCCCCN3C(=O)c3cc(Cl)ccc3NS(C)(=O)=O)cc2nc1N1CC(O)C1.OC1CNC1. The fourth-order valence-electron chi connectivity index (χ4n) is 9.17. The standard InChI is InChI=1S/C24H29ClN6O4S.C21H23Cl2N5O3S.C3H7NO.CH4/c1-15-12-31-22(26-23(15)29-13-17(32)14-29)11-20(27-31)21-6-4-3-5-9-30(21)24(33)18-10-16(25)7-8-19(18)28-36(2,34)35;1-13-12-28-19(24-20(13)23)11-17(25-28)18-6-4-3-5-9-27(18)21(29)15-10-14(22)7-8-16(15)26-32(2,30)31;5-3-1-4-2-3;/h7-8,10-12,17,21,28,32H,3-6,9,13-14H2,1-2H3;7-8,10-12,18,26H,3-6,9H2,1-2H3;3-5H,1-2H2;1H4. The molecule has 25 heteroatoms. The predicted octanol–water partition coefficient (Wildman–Crippen LogP) is 7.06. The number of benzene rings is 2. The normalized spacial score (nSPS) is 18.6. The monoisotopic (exact) mass is 1120 g/mol. The van der Waals surface area contributed by atoms with Crippen molar-refractivity contribution in [3.63, 3.8) is 0 Å². The van der Waals surface area contributed by atoms with Crippen LogP contribution in [0.5, 0.6) is 0 Å². The van der Waals surface area contributed by atoms with E-state index in [-0.39, 0.29) is 66.0 Å². The topological polar surface area (TPSA) is 249 Å². The molecule has 0 aliphatic carbocycles. The summed E-state index contributed by atoms with van der Waals surface area (Å²) < 4.78 is 55.8. The quantitative estimate of drug-likeness (QED) is 0.0910. The Labute approximate surface area is 446 Å². The summed E-state index contributed by atoms with van der Waals surface area (Å²) in [6.45, 7) is 7.55. The summed E-state index contributed by atoms with van der Waals surface area (Å²) >= 11 is 18.5. The zero-order valence-corrected chi connectivity index (χ0v) is 44.7. The molecule has 0 bridgehead atoms. The summed E-state index contributed by atoms with van der Waals surface area (Å²) in [5, 5.41) is 31.5. The second kappa shape index (κ2) is 23.7. The lowest BCUT2D eigenvalue weighted by Crippen LogP contribution is -2.51. The maximum atomic E-state index is 13.8. The summed E-state index contributed by atoms with van der Waals surface area (Å²) in [4.78, 5) is 42.2. The summed E-state index contributed by atoms with van der Waals surface area (Å²) in [7, 11) is -7.17. The second-order valence-electron chi connectivity index (χ2n) is 18.9. The minimum Gasteiger partial charge on any atom is -0.390 e. The van der Waals surface area contributed by atoms with Gasteiger partial charge in [-0.3, -0.25) is 19.0 Å². The number of amides is 2. The van der Waals surface area contributed by atoms with Crippen molar-refractivity contribution in [3.8, 4) is 0 Å². The van der Waals surface area contributed by atoms with Crippen LogP contribution in [0.4, 0.5) is 17.2 Å². The molecule has 4 saturated heterocycles. The number of halogens is 3. The van der Waals surface area contributed by atoms with Crippen LogP contribution in [0.3, 0.4) is 0 Å². The van der Waals surface area contributed by atoms with Gasteiger partial charge in [-0.2, -0.15) is 10.2 Å². The van der Waals surface area contributed by atoms with Crippen molar-refractivity contribution in [2.24, 2.45) is 0 Å². The van der Waals surface area contributed by atoms with Crippen LogP contribution in [0.1, 0.15) is 114 Å². The average molecular weight is 1120 g/mol. The highest BCUT2D eigenvalue weighted by atomic mass is 35.5. The average Bonchev–Trinajstić information content (AvgIpc) is 3.68. The van der Waals surface area contributed by atoms with Gasteiger partial charge in [0.2, 0.25) is 20.0 Å². The van der Waals surface area contributed by atoms with Gasteiger partial charge in [0.25, 0.3) is 11.8 Å². The van der Waals surface area contributed by atoms with Crippen molar-refractivity contribution < 1.29 is 36.6 Å². The van der Waals surface area contributed by atoms with Crippen molar-refractivity contribution in [1.29, 1.82) is 0 Å². The molecule has 0 saturated carbocycles. The van der Waals surface area contributed by atoms with Crippen LogP contribution in [0.2, 0.25) is 15.2 Å². The van der Waals surface area contributed by atoms with Gasteiger partial charge in [0.15, 0.2) is 11.3 Å². The number of sulfonamides is 2. The molecule has 4 aliphatic heterocycles. The molecule has 400 valence electrons. The number of aryl methyl sites for hydroxylation is 2. The summed E-state index contributed by atoms with van der Waals surface area (Å²) in [6.07, 6.45) is 12.4. The smallest absolute Gasteiger partial charge is 0.256 e. The molecule has 0 radical (unpaired) electrons. The molecule has 2 atom stereocenters. The highest BCUT2D eigenvalue weighted by Crippen LogP contribution is 2.36. The number of β-amino-alcohol motifs (C(OH)–C–C–N with tert-alkyl or cyclic N) is 2. The number of nitrogens with one attached hydrogen (secondary N) is 3. The number of fused-ring (bicyclic) bond motifs is 2. The van der Waals surface area contributed by atoms with E-state index >= 15 is 0 Å². The zero-order chi connectivity index (χ0) is 52.4. The zero-order valence-electron chi connectivity index (χ0n) is 40.8. The predicted molar refractivity (Wildman–Crippen MR) is 289 cm³/mol. The molecule has 74 heavy (non-hydrogen) atoms. The first-order valence-electron chi connectivity index (χ1n) is 24.0. The first-order chi connectivity index (χ1) is 34.6. The highest BCUT2D eigenvalue weighted by Gasteiger charge is 2.34. The lowest BCUT2D eigenvalue weighted by atomic mass is 10.0. The number of aliphatic hydroxyl groups is 2. The first-order valence-corrected chi connectivity index (χ1v) is 28.9. The van der Waals surface area contributed by atoms with Gasteiger partial charge < -0.3 is 30.2 Å². The van der Waals surface area contributed by atoms with Crippen molar-refractivity contribution in [2.75, 3.05) is 66.1 Å². The number of nitrogens with zero attached hydrogens (tertiary/aromatic N) is 9. The molecule has 4 aliphatic rings. The van der Waals surface area contributed by atoms with Crippen LogP contribution < -0.4 is 19.7 Å². The maximum absolute atomic E-state index is 13.8. The highest BCUT2D eigenvalue weighted by molar-refractivity contribution is 7.92. The third kappa shape index (κ3) is 13.7. The molecule has 4 aromatic heterocycles. The first kappa shape index (κ1) is 56.4. The Morgan fingerprint density at radius 3 is 1.51 bits per heavy atom. The van der Waals surface area contributed by atoms with E-state index in [2.05, 4.69) is 24.8 Å². The fourth-order valence-corrected chi connectivity index (χ4v) is 10.8. The fraction of sp³-hybridized carbons (Fsp3) is 0.469. The number of likely N-dealkylation sites (tertiary alicyclic amines) is 2. The molecule has 5 N–H and O–H groups in total. The minimum absolute atomic E-state index is 0. The van der Waals surface area contributed by atoms with Gasteiger partial charge in [-0.1, -0.05) is 67.9 Å². The van der Waals surface area contributed by atoms with Gasteiger partial charge in [0, 0.05) is 85.0 Å². The van der Waals surface area contributed by atoms with Crippen molar-refractivity contribution >= 4 is 95.2 Å². The summed E-state index contributed by atoms with van der Waals surface area (Å²) in [5.41, 5.74) is 5.29. The molecule has 8 heterocycles. The van der Waals surface area contributed by atoms with Crippen LogP contribution in [-0.2, 0) is 20.0 Å². The summed E-state index contributed by atoms with van der Waals surface area (Å²) in [6, 6.07) is 12.3. The second-order valence-corrected chi connectivity index (χ2v) is 23.7. The molecule has 20 nitrogen and oxygen atoms in total. The minimum atomic E-state index is -3.59. The lowest BCUT2D eigenvalue weighted by Gasteiger charge is -2.37. The van der Waals surface area contributed by atoms with Crippen molar-refractivity contribution in [3.05, 3.63) is 110 Å². The molecular weight excluding hydrogens is 1060 g/mol. The van der Waals surface area contributed by atoms with Crippen LogP contribution in [-0.4, -0.2) is 142 Å². The summed E-state index contributed by atoms with van der Waals surface area (Å²) in [5.74, 6) is 0.222. The Morgan fingerprint density at radius 2 is 1.09 bits per heavy atom. The number of aromatic nitrogens is 6. The molecule has 4 fully saturated rings. The van der Waals surface area contributed by atoms with Crippen molar-refractivity contribution in [2.45, 2.75) is 96.9 Å². The van der Waals surface area contributed by atoms with Crippen LogP contribution in [0.15, 0.2) is 60.9 Å². The van der Waals surface area contributed by atoms with E-state index in [9.17, 15) is 31.5 Å². The largest absolute Gasteiger partial charge is 0.390 e. The van der Waals surface area contributed by atoms with E-state index in [1.54, 1.807) is 31.0 Å². The maximum Gasteiger partial charge on any atom is 0.256 e. The van der Waals surface area contributed by atoms with Gasteiger partial charge in [0.05, 0.1) is 70.7 Å². The van der Waals surface area contributed by atoms with Crippen LogP contribution in [0, 0.1) is 13.8 Å². The third-order valence-corrected chi connectivity index (χ3v) is 14.9. The van der Waals surface area contributed by atoms with Gasteiger partial charge in [0.1, 0.15) is 11.0 Å². The number of carbonyl (C=O) groups is 2. The van der Waals surface area contributed by atoms with E-state index in [0.717, 1.165) is 99.6 Å². The van der Waals surface area contributed by atoms with Gasteiger partial charge in [-0.05, 0) is 75.9 Å². The van der Waals surface area contributed by atoms with Crippen LogP contribution in [0.25, 0.3) is 11.3 Å². The molecule has 2 aromatic carbocycles. The van der Waals surface area contributed by atoms with Crippen LogP contribution >= 0.6 is 34.8 Å². The Bertz CT molecular complexity index is 3200. The third-order valence-electron chi connectivity index (χ3n) is 12.9. The Balaban J connectivity index is 0.000000196. The number of hydrogen-bond donors (Lipinski definition) is 5. The number of rotatable bonds is 9. The Hall–Kier alpha value is -5.33. The number of anilines is 3. The van der Waals surface area contributed by atoms with E-state index in [4.69, 9.17) is 50.0 Å². The van der Waals surface area contributed by atoms with Gasteiger partial charge in [-0.25, -0.2) is 35.8 Å². The molecule has 0 spiro atoms.